The van der Waals surface area contributed by atoms with E-state index in [1.807, 2.05) is 59.2 Å². The average Bonchev–Trinajstić information content (AvgIpc) is 3.02. The predicted molar refractivity (Wildman–Crippen MR) is 99.9 cm³/mol. The molecule has 3 aromatic rings. The number of nitrogens with one attached hydrogen (secondary N) is 1. The van der Waals surface area contributed by atoms with E-state index in [4.69, 9.17) is 21.7 Å². The summed E-state index contributed by atoms with van der Waals surface area (Å²) in [6.07, 6.45) is 2.18. The lowest BCUT2D eigenvalue weighted by molar-refractivity contribution is 0.289. The minimum atomic E-state index is 0.318. The smallest absolute Gasteiger partial charge is 0.199 e. The number of unbranched alkanes of at least 4 members (excludes halogenated alkanes) is 1. The topological polar surface area (TPSA) is 52.1 Å². The van der Waals surface area contributed by atoms with Gasteiger partial charge in [0, 0.05) is 5.69 Å². The number of hydrogen-bond acceptors (Lipinski definition) is 4. The first-order valence-corrected chi connectivity index (χ1v) is 8.76. The van der Waals surface area contributed by atoms with Crippen molar-refractivity contribution in [3.63, 3.8) is 0 Å². The molecule has 0 unspecified atom stereocenters. The minimum absolute atomic E-state index is 0.318. The van der Waals surface area contributed by atoms with Gasteiger partial charge in [-0.3, -0.25) is 9.67 Å². The number of rotatable bonds is 8. The van der Waals surface area contributed by atoms with E-state index < -0.39 is 0 Å². The van der Waals surface area contributed by atoms with Gasteiger partial charge in [-0.2, -0.15) is 5.10 Å². The molecule has 0 aliphatic carbocycles. The molecule has 0 atom stereocenters. The van der Waals surface area contributed by atoms with Gasteiger partial charge < -0.3 is 9.47 Å². The van der Waals surface area contributed by atoms with Crippen LogP contribution in [0, 0.1) is 4.77 Å². The van der Waals surface area contributed by atoms with Gasteiger partial charge in [0.25, 0.3) is 0 Å². The lowest BCUT2D eigenvalue weighted by Gasteiger charge is -2.09. The van der Waals surface area contributed by atoms with Gasteiger partial charge in [-0.15, -0.1) is 0 Å². The van der Waals surface area contributed by atoms with Crippen molar-refractivity contribution in [1.82, 2.24) is 14.8 Å². The van der Waals surface area contributed by atoms with Crippen molar-refractivity contribution < 1.29 is 9.47 Å². The number of hydrogen-bond donors (Lipinski definition) is 1. The summed E-state index contributed by atoms with van der Waals surface area (Å²) in [6, 6.07) is 17.5. The van der Waals surface area contributed by atoms with Crippen LogP contribution in [0.1, 0.15) is 25.6 Å². The Labute approximate surface area is 152 Å². The van der Waals surface area contributed by atoms with Gasteiger partial charge in [0.05, 0.1) is 6.61 Å². The zero-order valence-corrected chi connectivity index (χ0v) is 15.0. The van der Waals surface area contributed by atoms with Crippen molar-refractivity contribution in [2.24, 2.45) is 0 Å². The molecule has 1 N–H and O–H groups in total. The Morgan fingerprint density at radius 1 is 1.00 bits per heavy atom. The number of H-pyrrole nitrogens is 1. The molecule has 0 saturated carbocycles. The number of aromatic amines is 1. The number of para-hydroxylation sites is 1. The third-order valence-corrected chi connectivity index (χ3v) is 3.99. The predicted octanol–water partition coefficient (Wildman–Crippen LogP) is 4.69. The molecule has 0 aliphatic heterocycles. The molecule has 0 aliphatic rings. The zero-order valence-electron chi connectivity index (χ0n) is 14.1. The maximum absolute atomic E-state index is 5.84. The molecule has 0 amide bonds. The van der Waals surface area contributed by atoms with E-state index in [9.17, 15) is 0 Å². The van der Waals surface area contributed by atoms with Crippen molar-refractivity contribution in [3.05, 3.63) is 65.2 Å². The van der Waals surface area contributed by atoms with Crippen molar-refractivity contribution >= 4 is 12.2 Å². The second-order valence-electron chi connectivity index (χ2n) is 5.58. The summed E-state index contributed by atoms with van der Waals surface area (Å²) in [4.78, 5) is 0. The summed E-state index contributed by atoms with van der Waals surface area (Å²) in [5.74, 6) is 2.34. The van der Waals surface area contributed by atoms with Gasteiger partial charge in [0.15, 0.2) is 10.6 Å². The number of nitrogens with zero attached hydrogens (tertiary/aromatic N) is 2. The van der Waals surface area contributed by atoms with Crippen molar-refractivity contribution in [1.29, 1.82) is 0 Å². The second-order valence-corrected chi connectivity index (χ2v) is 5.96. The van der Waals surface area contributed by atoms with Crippen LogP contribution in [0.2, 0.25) is 0 Å². The molecular formula is C19H21N3O2S. The Hall–Kier alpha value is -2.60. The number of benzene rings is 2. The first-order valence-electron chi connectivity index (χ1n) is 8.35. The third kappa shape index (κ3) is 4.48. The summed E-state index contributed by atoms with van der Waals surface area (Å²) >= 11 is 5.33. The number of ether oxygens (including phenoxy) is 2. The summed E-state index contributed by atoms with van der Waals surface area (Å²) in [7, 11) is 0. The van der Waals surface area contributed by atoms with E-state index in [1.165, 1.54) is 0 Å². The standard InChI is InChI=1S/C19H21N3O2S/c1-2-3-13-23-16-9-11-17(12-10-16)24-14-18-20-21-19(25)22(18)15-7-5-4-6-8-15/h4-12H,2-3,13-14H2,1H3,(H,21,25). The molecule has 5 nitrogen and oxygen atoms in total. The monoisotopic (exact) mass is 355 g/mol. The normalized spacial score (nSPS) is 10.6. The Balaban J connectivity index is 1.66. The highest BCUT2D eigenvalue weighted by molar-refractivity contribution is 7.71. The van der Waals surface area contributed by atoms with Crippen LogP contribution < -0.4 is 9.47 Å². The Bertz CT molecular complexity index is 841. The summed E-state index contributed by atoms with van der Waals surface area (Å²) in [5, 5.41) is 7.10. The zero-order chi connectivity index (χ0) is 17.5. The van der Waals surface area contributed by atoms with E-state index in [-0.39, 0.29) is 0 Å². The SMILES string of the molecule is CCCCOc1ccc(OCc2n[nH]c(=S)n2-c2ccccc2)cc1. The maximum Gasteiger partial charge on any atom is 0.199 e. The number of aromatic nitrogens is 3. The lowest BCUT2D eigenvalue weighted by Crippen LogP contribution is -2.05. The van der Waals surface area contributed by atoms with Gasteiger partial charge in [-0.25, -0.2) is 0 Å². The van der Waals surface area contributed by atoms with Gasteiger partial charge in [-0.05, 0) is 55.0 Å². The van der Waals surface area contributed by atoms with Crippen LogP contribution in [0.5, 0.6) is 11.5 Å². The summed E-state index contributed by atoms with van der Waals surface area (Å²) in [6.45, 7) is 3.20. The second kappa shape index (κ2) is 8.48. The van der Waals surface area contributed by atoms with E-state index in [1.54, 1.807) is 0 Å². The quantitative estimate of drug-likeness (QED) is 0.470. The fourth-order valence-corrected chi connectivity index (χ4v) is 2.64. The Morgan fingerprint density at radius 3 is 2.36 bits per heavy atom. The molecule has 1 aromatic heterocycles. The van der Waals surface area contributed by atoms with E-state index in [2.05, 4.69) is 17.1 Å². The van der Waals surface area contributed by atoms with Gasteiger partial charge >= 0.3 is 0 Å². The molecule has 1 heterocycles. The molecule has 6 heteroatoms. The van der Waals surface area contributed by atoms with Crippen molar-refractivity contribution in [2.75, 3.05) is 6.61 Å². The molecule has 0 radical (unpaired) electrons. The van der Waals surface area contributed by atoms with Crippen LogP contribution in [0.3, 0.4) is 0 Å². The largest absolute Gasteiger partial charge is 0.494 e. The van der Waals surface area contributed by atoms with E-state index in [0.29, 0.717) is 11.4 Å². The molecule has 0 fully saturated rings. The van der Waals surface area contributed by atoms with Crippen LogP contribution in [0.25, 0.3) is 5.69 Å². The molecule has 0 spiro atoms. The van der Waals surface area contributed by atoms with Gasteiger partial charge in [0.1, 0.15) is 18.1 Å². The van der Waals surface area contributed by atoms with Crippen LogP contribution in [-0.2, 0) is 6.61 Å². The van der Waals surface area contributed by atoms with E-state index >= 15 is 0 Å². The first kappa shape index (κ1) is 17.2. The highest BCUT2D eigenvalue weighted by Crippen LogP contribution is 2.19. The Morgan fingerprint density at radius 2 is 1.68 bits per heavy atom. The lowest BCUT2D eigenvalue weighted by atomic mass is 10.3. The van der Waals surface area contributed by atoms with Crippen LogP contribution in [-0.4, -0.2) is 21.4 Å². The van der Waals surface area contributed by atoms with Gasteiger partial charge in [-0.1, -0.05) is 31.5 Å². The molecule has 130 valence electrons. The maximum atomic E-state index is 5.84. The highest BCUT2D eigenvalue weighted by atomic mass is 32.1. The fourth-order valence-electron chi connectivity index (χ4n) is 2.38. The molecular weight excluding hydrogens is 334 g/mol. The molecule has 3 rings (SSSR count). The average molecular weight is 355 g/mol. The van der Waals surface area contributed by atoms with Crippen molar-refractivity contribution in [3.8, 4) is 17.2 Å². The van der Waals surface area contributed by atoms with Crippen LogP contribution in [0.4, 0.5) is 0 Å². The third-order valence-electron chi connectivity index (χ3n) is 3.71. The van der Waals surface area contributed by atoms with Crippen LogP contribution >= 0.6 is 12.2 Å². The minimum Gasteiger partial charge on any atom is -0.494 e. The van der Waals surface area contributed by atoms with Crippen LogP contribution in [0.15, 0.2) is 54.6 Å². The Kier molecular flexibility index (Phi) is 5.85. The molecule has 25 heavy (non-hydrogen) atoms. The molecule has 0 saturated heterocycles. The first-order chi connectivity index (χ1) is 12.3. The fraction of sp³-hybridized carbons (Fsp3) is 0.263. The van der Waals surface area contributed by atoms with E-state index in [0.717, 1.165) is 42.5 Å². The summed E-state index contributed by atoms with van der Waals surface area (Å²) in [5.41, 5.74) is 0.958. The van der Waals surface area contributed by atoms with Gasteiger partial charge in [0.2, 0.25) is 0 Å². The van der Waals surface area contributed by atoms with Crippen molar-refractivity contribution in [2.45, 2.75) is 26.4 Å². The molecule has 0 bridgehead atoms. The highest BCUT2D eigenvalue weighted by Gasteiger charge is 2.09. The molecule has 2 aromatic carbocycles. The summed E-state index contributed by atoms with van der Waals surface area (Å²) < 4.78 is 13.9.